The van der Waals surface area contributed by atoms with Crippen molar-refractivity contribution in [2.24, 2.45) is 0 Å². The Kier molecular flexibility index (Phi) is 4.83. The fourth-order valence-corrected chi connectivity index (χ4v) is 2.25. The Morgan fingerprint density at radius 2 is 1.95 bits per heavy atom. The van der Waals surface area contributed by atoms with Crippen LogP contribution in [0, 0.1) is 6.92 Å². The molecule has 0 bridgehead atoms. The number of rotatable bonds is 4. The molecule has 2 rings (SSSR count). The summed E-state index contributed by atoms with van der Waals surface area (Å²) in [5, 5.41) is 4.02. The van der Waals surface area contributed by atoms with Gasteiger partial charge >= 0.3 is 0 Å². The number of nitrogens with zero attached hydrogens (tertiary/aromatic N) is 2. The van der Waals surface area contributed by atoms with E-state index in [2.05, 4.69) is 21.1 Å². The van der Waals surface area contributed by atoms with E-state index in [1.165, 1.54) is 0 Å². The van der Waals surface area contributed by atoms with E-state index in [9.17, 15) is 4.79 Å². The topological polar surface area (TPSA) is 46.3 Å². The van der Waals surface area contributed by atoms with Crippen LogP contribution in [-0.4, -0.2) is 29.1 Å². The maximum atomic E-state index is 12.3. The van der Waals surface area contributed by atoms with Crippen molar-refractivity contribution in [2.45, 2.75) is 33.2 Å². The van der Waals surface area contributed by atoms with Crippen LogP contribution in [0.15, 0.2) is 33.3 Å². The van der Waals surface area contributed by atoms with Crippen molar-refractivity contribution in [3.63, 3.8) is 0 Å². The highest BCUT2D eigenvalue weighted by molar-refractivity contribution is 9.10. The molecule has 0 radical (unpaired) electrons. The number of hydrogen-bond acceptors (Lipinski definition) is 3. The van der Waals surface area contributed by atoms with E-state index in [1.54, 1.807) is 4.90 Å². The van der Waals surface area contributed by atoms with Crippen molar-refractivity contribution in [3.8, 4) is 11.3 Å². The number of aryl methyl sites for hydroxylation is 1. The molecule has 2 aromatic rings. The first-order chi connectivity index (χ1) is 9.90. The summed E-state index contributed by atoms with van der Waals surface area (Å²) in [6.07, 6.45) is 0.301. The molecule has 112 valence electrons. The van der Waals surface area contributed by atoms with Crippen molar-refractivity contribution in [3.05, 3.63) is 40.0 Å². The maximum Gasteiger partial charge on any atom is 0.227 e. The van der Waals surface area contributed by atoms with Gasteiger partial charge in [0.2, 0.25) is 5.91 Å². The Balaban J connectivity index is 2.30. The van der Waals surface area contributed by atoms with E-state index in [1.807, 2.05) is 52.1 Å². The van der Waals surface area contributed by atoms with E-state index < -0.39 is 0 Å². The molecule has 0 atom stereocenters. The largest absolute Gasteiger partial charge is 0.356 e. The van der Waals surface area contributed by atoms with Gasteiger partial charge in [-0.1, -0.05) is 33.2 Å². The molecule has 0 aliphatic carbocycles. The van der Waals surface area contributed by atoms with E-state index in [0.29, 0.717) is 12.2 Å². The molecule has 1 aromatic heterocycles. The third kappa shape index (κ3) is 3.53. The molecule has 0 saturated heterocycles. The molecule has 1 heterocycles. The monoisotopic (exact) mass is 350 g/mol. The van der Waals surface area contributed by atoms with E-state index in [0.717, 1.165) is 21.3 Å². The van der Waals surface area contributed by atoms with Crippen molar-refractivity contribution in [2.75, 3.05) is 7.05 Å². The van der Waals surface area contributed by atoms with Crippen LogP contribution in [0.3, 0.4) is 0 Å². The van der Waals surface area contributed by atoms with Gasteiger partial charge in [0.05, 0.1) is 12.1 Å². The minimum absolute atomic E-state index is 0.0645. The molecular weight excluding hydrogens is 332 g/mol. The lowest BCUT2D eigenvalue weighted by Gasteiger charge is -2.21. The number of amides is 1. The van der Waals surface area contributed by atoms with Gasteiger partial charge in [-0.05, 0) is 32.9 Å². The van der Waals surface area contributed by atoms with Gasteiger partial charge in [0.1, 0.15) is 0 Å². The molecule has 4 nitrogen and oxygen atoms in total. The zero-order valence-electron chi connectivity index (χ0n) is 12.7. The Morgan fingerprint density at radius 1 is 1.33 bits per heavy atom. The molecule has 0 fully saturated rings. The van der Waals surface area contributed by atoms with Gasteiger partial charge in [-0.25, -0.2) is 0 Å². The first kappa shape index (κ1) is 15.8. The van der Waals surface area contributed by atoms with Crippen LogP contribution in [-0.2, 0) is 11.2 Å². The number of benzene rings is 1. The van der Waals surface area contributed by atoms with Gasteiger partial charge in [0, 0.05) is 28.7 Å². The van der Waals surface area contributed by atoms with Crippen molar-refractivity contribution in [1.29, 1.82) is 0 Å². The number of carbonyl (C=O) groups is 1. The number of hydrogen-bond donors (Lipinski definition) is 0. The van der Waals surface area contributed by atoms with Gasteiger partial charge in [0.25, 0.3) is 0 Å². The highest BCUT2D eigenvalue weighted by Crippen LogP contribution is 2.28. The summed E-state index contributed by atoms with van der Waals surface area (Å²) in [7, 11) is 1.81. The summed E-state index contributed by atoms with van der Waals surface area (Å²) < 4.78 is 6.43. The number of aromatic nitrogens is 1. The smallest absolute Gasteiger partial charge is 0.227 e. The van der Waals surface area contributed by atoms with E-state index >= 15 is 0 Å². The Bertz CT molecular complexity index is 632. The number of carbonyl (C=O) groups excluding carboxylic acids is 1. The van der Waals surface area contributed by atoms with Crippen LogP contribution < -0.4 is 0 Å². The zero-order valence-corrected chi connectivity index (χ0v) is 14.3. The molecule has 5 heteroatoms. The minimum atomic E-state index is 0.0645. The van der Waals surface area contributed by atoms with Crippen LogP contribution in [0.2, 0.25) is 0 Å². The molecule has 1 aromatic carbocycles. The highest BCUT2D eigenvalue weighted by Gasteiger charge is 2.20. The zero-order chi connectivity index (χ0) is 15.6. The van der Waals surface area contributed by atoms with Crippen LogP contribution >= 0.6 is 15.9 Å². The molecule has 0 spiro atoms. The average Bonchev–Trinajstić information content (AvgIpc) is 2.80. The molecule has 0 unspecified atom stereocenters. The van der Waals surface area contributed by atoms with E-state index in [-0.39, 0.29) is 11.9 Å². The summed E-state index contributed by atoms with van der Waals surface area (Å²) >= 11 is 3.41. The second-order valence-electron chi connectivity index (χ2n) is 5.36. The molecule has 0 aliphatic heterocycles. The van der Waals surface area contributed by atoms with Gasteiger partial charge in [-0.15, -0.1) is 0 Å². The summed E-state index contributed by atoms with van der Waals surface area (Å²) in [5.74, 6) is 0.736. The predicted octanol–water partition coefficient (Wildman–Crippen LogP) is 3.82. The summed E-state index contributed by atoms with van der Waals surface area (Å²) in [5.41, 5.74) is 2.54. The third-order valence-corrected chi connectivity index (χ3v) is 4.12. The average molecular weight is 351 g/mol. The lowest BCUT2D eigenvalue weighted by atomic mass is 10.0. The van der Waals surface area contributed by atoms with Crippen LogP contribution in [0.1, 0.15) is 25.1 Å². The van der Waals surface area contributed by atoms with Gasteiger partial charge < -0.3 is 9.42 Å². The second-order valence-corrected chi connectivity index (χ2v) is 6.27. The number of likely N-dealkylation sites (N-methyl/N-ethyl adjacent to an activating group) is 1. The van der Waals surface area contributed by atoms with Gasteiger partial charge in [-0.3, -0.25) is 4.79 Å². The summed E-state index contributed by atoms with van der Waals surface area (Å²) in [6, 6.07) is 7.96. The first-order valence-electron chi connectivity index (χ1n) is 6.87. The lowest BCUT2D eigenvalue weighted by Crippen LogP contribution is -2.34. The van der Waals surface area contributed by atoms with Crippen molar-refractivity contribution < 1.29 is 9.32 Å². The molecule has 0 N–H and O–H groups in total. The third-order valence-electron chi connectivity index (χ3n) is 3.59. The SMILES string of the molecule is Cc1noc(-c2ccc(Br)cc2)c1CC(=O)N(C)C(C)C. The predicted molar refractivity (Wildman–Crippen MR) is 86.0 cm³/mol. The minimum Gasteiger partial charge on any atom is -0.356 e. The van der Waals surface area contributed by atoms with Crippen molar-refractivity contribution >= 4 is 21.8 Å². The normalized spacial score (nSPS) is 11.0. The maximum absolute atomic E-state index is 12.3. The lowest BCUT2D eigenvalue weighted by molar-refractivity contribution is -0.130. The van der Waals surface area contributed by atoms with Crippen LogP contribution in [0.5, 0.6) is 0 Å². The van der Waals surface area contributed by atoms with Crippen LogP contribution in [0.4, 0.5) is 0 Å². The quantitative estimate of drug-likeness (QED) is 0.841. The van der Waals surface area contributed by atoms with Crippen LogP contribution in [0.25, 0.3) is 11.3 Å². The second kappa shape index (κ2) is 6.43. The number of halogens is 1. The summed E-state index contributed by atoms with van der Waals surface area (Å²) in [6.45, 7) is 5.85. The Morgan fingerprint density at radius 3 is 2.52 bits per heavy atom. The fourth-order valence-electron chi connectivity index (χ4n) is 1.99. The first-order valence-corrected chi connectivity index (χ1v) is 7.66. The Labute approximate surface area is 133 Å². The van der Waals surface area contributed by atoms with E-state index in [4.69, 9.17) is 4.52 Å². The molecule has 0 saturated carbocycles. The van der Waals surface area contributed by atoms with Gasteiger partial charge in [0.15, 0.2) is 5.76 Å². The Hall–Kier alpha value is -1.62. The summed E-state index contributed by atoms with van der Waals surface area (Å²) in [4.78, 5) is 14.0. The fraction of sp³-hybridized carbons (Fsp3) is 0.375. The molecular formula is C16H19BrN2O2. The van der Waals surface area contributed by atoms with Crippen molar-refractivity contribution in [1.82, 2.24) is 10.1 Å². The molecule has 1 amide bonds. The standard InChI is InChI=1S/C16H19BrN2O2/c1-10(2)19(4)15(20)9-14-11(3)18-21-16(14)12-5-7-13(17)8-6-12/h5-8,10H,9H2,1-4H3. The van der Waals surface area contributed by atoms with Gasteiger partial charge in [-0.2, -0.15) is 0 Å². The highest BCUT2D eigenvalue weighted by atomic mass is 79.9. The molecule has 21 heavy (non-hydrogen) atoms. The molecule has 0 aliphatic rings.